The first-order valence-corrected chi connectivity index (χ1v) is 12.7. The molecule has 1 amide bonds. The molecular weight excluding hydrogens is 529 g/mol. The van der Waals surface area contributed by atoms with Gasteiger partial charge in [0.15, 0.2) is 0 Å². The zero-order chi connectivity index (χ0) is 28.9. The summed E-state index contributed by atoms with van der Waals surface area (Å²) in [5.41, 5.74) is -3.06. The van der Waals surface area contributed by atoms with Crippen LogP contribution in [-0.4, -0.2) is 42.6 Å². The van der Waals surface area contributed by atoms with E-state index in [1.807, 2.05) is 25.9 Å². The Labute approximate surface area is 222 Å². The third kappa shape index (κ3) is 5.94. The van der Waals surface area contributed by atoms with Crippen LogP contribution in [0.25, 0.3) is 0 Å². The highest BCUT2D eigenvalue weighted by atomic mass is 19.4. The summed E-state index contributed by atoms with van der Waals surface area (Å²) in [4.78, 5) is 14.7. The van der Waals surface area contributed by atoms with Gasteiger partial charge in [-0.2, -0.15) is 26.3 Å². The Bertz CT molecular complexity index is 1160. The van der Waals surface area contributed by atoms with Crippen LogP contribution in [0, 0.1) is 11.7 Å². The van der Waals surface area contributed by atoms with Gasteiger partial charge in [-0.25, -0.2) is 4.39 Å². The summed E-state index contributed by atoms with van der Waals surface area (Å²) >= 11 is 0. The quantitative estimate of drug-likeness (QED) is 0.400. The van der Waals surface area contributed by atoms with E-state index in [1.165, 1.54) is 19.1 Å². The number of benzene rings is 2. The molecule has 214 valence electrons. The molecule has 2 aromatic carbocycles. The molecule has 1 heterocycles. The monoisotopic (exact) mass is 560 g/mol. The van der Waals surface area contributed by atoms with Crippen LogP contribution in [0.5, 0.6) is 0 Å². The molecule has 0 radical (unpaired) electrons. The van der Waals surface area contributed by atoms with Gasteiger partial charge >= 0.3 is 12.4 Å². The maximum atomic E-state index is 13.7. The van der Waals surface area contributed by atoms with E-state index in [0.717, 1.165) is 5.56 Å². The molecule has 11 heteroatoms. The number of hydrogen-bond donors (Lipinski definition) is 1. The van der Waals surface area contributed by atoms with E-state index in [9.17, 15) is 35.5 Å². The molecule has 1 saturated heterocycles. The predicted octanol–water partition coefficient (Wildman–Crippen LogP) is 6.71. The fourth-order valence-electron chi connectivity index (χ4n) is 5.84. The first kappa shape index (κ1) is 29.3. The summed E-state index contributed by atoms with van der Waals surface area (Å²) in [6, 6.07) is 7.01. The Balaban J connectivity index is 1.65. The van der Waals surface area contributed by atoms with Crippen LogP contribution < -0.4 is 5.32 Å². The fraction of sp³-hybridized carbons (Fsp3) is 0.536. The van der Waals surface area contributed by atoms with Crippen molar-refractivity contribution in [2.45, 2.75) is 75.2 Å². The van der Waals surface area contributed by atoms with Crippen LogP contribution in [0.2, 0.25) is 0 Å². The number of carbonyl (C=O) groups excluding carboxylic acids is 1. The van der Waals surface area contributed by atoms with E-state index in [2.05, 4.69) is 5.32 Å². The molecule has 4 rings (SSSR count). The SMILES string of the molecule is C[C@@H](O[C@H]1CC[C@@H]([C@@H]2C[C@@](C)(N(C)C)C(=O)N2)[C@@H]1c1ccc(F)cc1)c1cc(C(F)(F)F)cc(C(F)(F)F)c1. The van der Waals surface area contributed by atoms with Crippen molar-refractivity contribution in [3.8, 4) is 0 Å². The second-order valence-electron chi connectivity index (χ2n) is 10.9. The highest BCUT2D eigenvalue weighted by Crippen LogP contribution is 2.48. The van der Waals surface area contributed by atoms with Crippen LogP contribution in [0.15, 0.2) is 42.5 Å². The van der Waals surface area contributed by atoms with Crippen molar-refractivity contribution < 1.29 is 40.3 Å². The topological polar surface area (TPSA) is 41.6 Å². The Morgan fingerprint density at radius 1 is 0.974 bits per heavy atom. The normalized spacial score (nSPS) is 28.7. The molecule has 0 bridgehead atoms. The average Bonchev–Trinajstić information content (AvgIpc) is 3.39. The number of ether oxygens (including phenoxy) is 1. The summed E-state index contributed by atoms with van der Waals surface area (Å²) in [6.45, 7) is 3.26. The maximum Gasteiger partial charge on any atom is 0.416 e. The highest BCUT2D eigenvalue weighted by Gasteiger charge is 2.51. The predicted molar refractivity (Wildman–Crippen MR) is 130 cm³/mol. The van der Waals surface area contributed by atoms with Crippen LogP contribution >= 0.6 is 0 Å². The van der Waals surface area contributed by atoms with E-state index in [0.29, 0.717) is 31.4 Å². The summed E-state index contributed by atoms with van der Waals surface area (Å²) in [7, 11) is 3.62. The van der Waals surface area contributed by atoms with Gasteiger partial charge in [-0.15, -0.1) is 0 Å². The zero-order valence-corrected chi connectivity index (χ0v) is 22.0. The molecule has 1 saturated carbocycles. The van der Waals surface area contributed by atoms with Gasteiger partial charge in [0.2, 0.25) is 5.91 Å². The van der Waals surface area contributed by atoms with Crippen molar-refractivity contribution in [2.75, 3.05) is 14.1 Å². The van der Waals surface area contributed by atoms with Crippen molar-refractivity contribution in [3.63, 3.8) is 0 Å². The van der Waals surface area contributed by atoms with Gasteiger partial charge in [0.1, 0.15) is 5.82 Å². The van der Waals surface area contributed by atoms with Crippen molar-refractivity contribution >= 4 is 5.91 Å². The lowest BCUT2D eigenvalue weighted by Gasteiger charge is -2.32. The molecule has 0 aromatic heterocycles. The standard InChI is InChI=1S/C28H31F7N2O2/c1-15(17-11-18(27(30,31)32)13-19(12-17)28(33,34)35)39-23-10-9-21(24(23)16-5-7-20(29)8-6-16)22-14-26(2,37(3)4)25(38)36-22/h5-8,11-13,15,21-24H,9-10,14H2,1-4H3,(H,36,38)/t15-,21+,22+,23+,24+,26-/m1/s1. The Kier molecular flexibility index (Phi) is 7.81. The minimum Gasteiger partial charge on any atom is -0.370 e. The van der Waals surface area contributed by atoms with Crippen molar-refractivity contribution in [2.24, 2.45) is 5.92 Å². The van der Waals surface area contributed by atoms with E-state index < -0.39 is 47.0 Å². The van der Waals surface area contributed by atoms with Gasteiger partial charge < -0.3 is 10.1 Å². The molecule has 1 aliphatic carbocycles. The van der Waals surface area contributed by atoms with Crippen molar-refractivity contribution in [1.82, 2.24) is 10.2 Å². The molecule has 1 aliphatic heterocycles. The van der Waals surface area contributed by atoms with Gasteiger partial charge in [-0.3, -0.25) is 9.69 Å². The number of rotatable bonds is 6. The lowest BCUT2D eigenvalue weighted by Crippen LogP contribution is -2.47. The Morgan fingerprint density at radius 3 is 2.03 bits per heavy atom. The first-order chi connectivity index (χ1) is 18.0. The molecule has 4 nitrogen and oxygen atoms in total. The highest BCUT2D eigenvalue weighted by molar-refractivity contribution is 5.88. The van der Waals surface area contributed by atoms with E-state index in [4.69, 9.17) is 4.74 Å². The van der Waals surface area contributed by atoms with Crippen molar-refractivity contribution in [1.29, 1.82) is 0 Å². The second-order valence-corrected chi connectivity index (χ2v) is 10.9. The zero-order valence-electron chi connectivity index (χ0n) is 22.0. The summed E-state index contributed by atoms with van der Waals surface area (Å²) in [5.74, 6) is -1.07. The van der Waals surface area contributed by atoms with Crippen LogP contribution in [0.3, 0.4) is 0 Å². The summed E-state index contributed by atoms with van der Waals surface area (Å²) in [6.07, 6.45) is -10.0. The second kappa shape index (κ2) is 10.4. The number of nitrogens with zero attached hydrogens (tertiary/aromatic N) is 1. The van der Waals surface area contributed by atoms with E-state index in [-0.39, 0.29) is 35.4 Å². The number of amides is 1. The summed E-state index contributed by atoms with van der Waals surface area (Å²) in [5, 5.41) is 3.07. The van der Waals surface area contributed by atoms with Gasteiger partial charge in [0.25, 0.3) is 0 Å². The van der Waals surface area contributed by atoms with Crippen LogP contribution in [0.4, 0.5) is 30.7 Å². The van der Waals surface area contributed by atoms with Gasteiger partial charge in [0, 0.05) is 12.0 Å². The maximum absolute atomic E-state index is 13.7. The molecule has 2 fully saturated rings. The molecule has 2 aliphatic rings. The molecule has 39 heavy (non-hydrogen) atoms. The smallest absolute Gasteiger partial charge is 0.370 e. The fourth-order valence-corrected chi connectivity index (χ4v) is 5.84. The lowest BCUT2D eigenvalue weighted by atomic mass is 9.80. The number of halogens is 7. The first-order valence-electron chi connectivity index (χ1n) is 12.7. The minimum absolute atomic E-state index is 0.0909. The third-order valence-corrected chi connectivity index (χ3v) is 8.29. The number of nitrogens with one attached hydrogen (secondary N) is 1. The largest absolute Gasteiger partial charge is 0.416 e. The van der Waals surface area contributed by atoms with Gasteiger partial charge in [0.05, 0.1) is 28.9 Å². The average molecular weight is 561 g/mol. The number of likely N-dealkylation sites (N-methyl/N-ethyl adjacent to an activating group) is 1. The third-order valence-electron chi connectivity index (χ3n) is 8.29. The van der Waals surface area contributed by atoms with Crippen molar-refractivity contribution in [3.05, 3.63) is 70.5 Å². The van der Waals surface area contributed by atoms with E-state index in [1.54, 1.807) is 12.1 Å². The minimum atomic E-state index is -4.97. The van der Waals surface area contributed by atoms with Gasteiger partial charge in [-0.1, -0.05) is 12.1 Å². The number of hydrogen-bond acceptors (Lipinski definition) is 3. The molecule has 2 aromatic rings. The van der Waals surface area contributed by atoms with Crippen LogP contribution in [-0.2, 0) is 21.9 Å². The Hall–Kier alpha value is -2.66. The molecule has 1 N–H and O–H groups in total. The summed E-state index contributed by atoms with van der Waals surface area (Å²) < 4.78 is 100. The lowest BCUT2D eigenvalue weighted by molar-refractivity contribution is -0.143. The Morgan fingerprint density at radius 2 is 1.54 bits per heavy atom. The number of carbonyl (C=O) groups is 1. The molecular formula is C28H31F7N2O2. The van der Waals surface area contributed by atoms with Gasteiger partial charge in [-0.05, 0) is 94.6 Å². The van der Waals surface area contributed by atoms with Crippen LogP contribution in [0.1, 0.15) is 67.4 Å². The molecule has 0 spiro atoms. The molecule has 6 atom stereocenters. The van der Waals surface area contributed by atoms with E-state index >= 15 is 0 Å². The number of alkyl halides is 6. The molecule has 0 unspecified atom stereocenters.